The third-order valence-corrected chi connectivity index (χ3v) is 3.07. The average molecular weight is 281 g/mol. The quantitative estimate of drug-likeness (QED) is 0.788. The summed E-state index contributed by atoms with van der Waals surface area (Å²) >= 11 is 0. The van der Waals surface area contributed by atoms with Gasteiger partial charge < -0.3 is 10.4 Å². The molecule has 1 rings (SSSR count). The monoisotopic (exact) mass is 281 g/mol. The number of carboxylic acid groups (broad SMARTS) is 1. The molecule has 20 heavy (non-hydrogen) atoms. The van der Waals surface area contributed by atoms with Gasteiger partial charge in [-0.25, -0.2) is 0 Å². The number of aliphatic carboxylic acids is 1. The molecule has 2 N–H and O–H groups in total. The molecule has 1 heterocycles. The van der Waals surface area contributed by atoms with E-state index in [0.717, 1.165) is 23.5 Å². The molecule has 0 aliphatic carbocycles. The number of carbonyl (C=O) groups is 2. The number of nitrogens with one attached hydrogen (secondary N) is 1. The Labute approximate surface area is 119 Å². The summed E-state index contributed by atoms with van der Waals surface area (Å²) in [6.45, 7) is 9.08. The third kappa shape index (κ3) is 4.68. The van der Waals surface area contributed by atoms with Gasteiger partial charge >= 0.3 is 5.97 Å². The minimum absolute atomic E-state index is 0.0592. The van der Waals surface area contributed by atoms with Crippen molar-refractivity contribution in [1.82, 2.24) is 15.1 Å². The van der Waals surface area contributed by atoms with E-state index in [1.807, 2.05) is 18.5 Å². The highest BCUT2D eigenvalue weighted by Crippen LogP contribution is 2.15. The molecule has 0 aromatic carbocycles. The van der Waals surface area contributed by atoms with Crippen LogP contribution in [-0.4, -0.2) is 33.3 Å². The predicted octanol–water partition coefficient (Wildman–Crippen LogP) is 1.29. The average Bonchev–Trinajstić information content (AvgIpc) is 2.55. The van der Waals surface area contributed by atoms with Crippen LogP contribution in [0.2, 0.25) is 0 Å². The molecule has 0 bridgehead atoms. The van der Waals surface area contributed by atoms with Gasteiger partial charge in [-0.15, -0.1) is 0 Å². The fourth-order valence-corrected chi connectivity index (χ4v) is 2.05. The summed E-state index contributed by atoms with van der Waals surface area (Å²) in [6.07, 6.45) is 0.186. The standard InChI is InChI=1S/C14H23N3O3/c1-9(2)8-17-11(4)12(10(3)16-17)7-13(18)15-6-5-14(19)20/h9H,5-8H2,1-4H3,(H,15,18)(H,19,20). The fourth-order valence-electron chi connectivity index (χ4n) is 2.05. The molecule has 0 saturated carbocycles. The number of aryl methyl sites for hydroxylation is 1. The Morgan fingerprint density at radius 1 is 1.35 bits per heavy atom. The second-order valence-electron chi connectivity index (χ2n) is 5.40. The van der Waals surface area contributed by atoms with E-state index in [1.54, 1.807) is 0 Å². The topological polar surface area (TPSA) is 84.2 Å². The largest absolute Gasteiger partial charge is 0.481 e. The lowest BCUT2D eigenvalue weighted by Gasteiger charge is -2.08. The molecule has 1 amide bonds. The number of rotatable bonds is 7. The molecule has 0 fully saturated rings. The molecule has 6 nitrogen and oxygen atoms in total. The van der Waals surface area contributed by atoms with E-state index in [2.05, 4.69) is 24.3 Å². The maximum absolute atomic E-state index is 11.8. The van der Waals surface area contributed by atoms with Crippen molar-refractivity contribution >= 4 is 11.9 Å². The van der Waals surface area contributed by atoms with Gasteiger partial charge in [0.2, 0.25) is 5.91 Å². The Kier molecular flexibility index (Phi) is 5.73. The van der Waals surface area contributed by atoms with Crippen molar-refractivity contribution in [3.63, 3.8) is 0 Å². The third-order valence-electron chi connectivity index (χ3n) is 3.07. The number of carboxylic acids is 1. The Balaban J connectivity index is 2.65. The van der Waals surface area contributed by atoms with Crippen molar-refractivity contribution in [2.24, 2.45) is 5.92 Å². The first kappa shape index (κ1) is 16.2. The van der Waals surface area contributed by atoms with Crippen LogP contribution in [0.4, 0.5) is 0 Å². The van der Waals surface area contributed by atoms with Gasteiger partial charge in [0.15, 0.2) is 0 Å². The normalized spacial score (nSPS) is 10.8. The summed E-state index contributed by atoms with van der Waals surface area (Å²) < 4.78 is 1.93. The van der Waals surface area contributed by atoms with Crippen LogP contribution in [0.1, 0.15) is 37.2 Å². The van der Waals surface area contributed by atoms with E-state index in [-0.39, 0.29) is 25.3 Å². The van der Waals surface area contributed by atoms with Crippen molar-refractivity contribution in [2.45, 2.75) is 47.1 Å². The summed E-state index contributed by atoms with van der Waals surface area (Å²) in [5, 5.41) is 15.6. The molecular formula is C14H23N3O3. The molecule has 0 atom stereocenters. The number of nitrogens with zero attached hydrogens (tertiary/aromatic N) is 2. The first-order valence-corrected chi connectivity index (χ1v) is 6.82. The van der Waals surface area contributed by atoms with Crippen molar-refractivity contribution in [3.05, 3.63) is 17.0 Å². The van der Waals surface area contributed by atoms with Crippen molar-refractivity contribution in [2.75, 3.05) is 6.54 Å². The van der Waals surface area contributed by atoms with Gasteiger partial charge in [-0.2, -0.15) is 5.10 Å². The lowest BCUT2D eigenvalue weighted by Crippen LogP contribution is -2.27. The maximum atomic E-state index is 11.8. The number of aromatic nitrogens is 2. The first-order chi connectivity index (χ1) is 9.31. The molecule has 0 radical (unpaired) electrons. The zero-order valence-electron chi connectivity index (χ0n) is 12.6. The Bertz CT molecular complexity index is 492. The van der Waals surface area contributed by atoms with Gasteiger partial charge in [0.1, 0.15) is 0 Å². The lowest BCUT2D eigenvalue weighted by atomic mass is 10.1. The molecule has 0 aliphatic rings. The zero-order chi connectivity index (χ0) is 15.3. The van der Waals surface area contributed by atoms with Crippen LogP contribution in [0.25, 0.3) is 0 Å². The molecule has 1 aromatic heterocycles. The Hall–Kier alpha value is -1.85. The van der Waals surface area contributed by atoms with Crippen molar-refractivity contribution < 1.29 is 14.7 Å². The number of hydrogen-bond acceptors (Lipinski definition) is 3. The highest BCUT2D eigenvalue weighted by molar-refractivity contribution is 5.79. The van der Waals surface area contributed by atoms with Gasteiger partial charge in [-0.05, 0) is 19.8 Å². The molecule has 0 aliphatic heterocycles. The smallest absolute Gasteiger partial charge is 0.305 e. The molecule has 0 unspecified atom stereocenters. The van der Waals surface area contributed by atoms with Gasteiger partial charge in [0.05, 0.1) is 18.5 Å². The van der Waals surface area contributed by atoms with Crippen molar-refractivity contribution in [1.29, 1.82) is 0 Å². The summed E-state index contributed by atoms with van der Waals surface area (Å²) in [6, 6.07) is 0. The second kappa shape index (κ2) is 7.07. The van der Waals surface area contributed by atoms with Crippen LogP contribution in [0.15, 0.2) is 0 Å². The minimum atomic E-state index is -0.914. The first-order valence-electron chi connectivity index (χ1n) is 6.82. The summed E-state index contributed by atoms with van der Waals surface area (Å²) in [5.74, 6) is -0.589. The van der Waals surface area contributed by atoms with Crippen LogP contribution in [0, 0.1) is 19.8 Å². The molecule has 6 heteroatoms. The van der Waals surface area contributed by atoms with Gasteiger partial charge in [0, 0.05) is 24.3 Å². The molecule has 0 saturated heterocycles. The van der Waals surface area contributed by atoms with E-state index in [0.29, 0.717) is 5.92 Å². The van der Waals surface area contributed by atoms with Crippen LogP contribution in [-0.2, 0) is 22.6 Å². The van der Waals surface area contributed by atoms with E-state index in [1.165, 1.54) is 0 Å². The van der Waals surface area contributed by atoms with Crippen LogP contribution in [0.5, 0.6) is 0 Å². The van der Waals surface area contributed by atoms with E-state index in [9.17, 15) is 9.59 Å². The fraction of sp³-hybridized carbons (Fsp3) is 0.643. The van der Waals surface area contributed by atoms with Gasteiger partial charge in [0.25, 0.3) is 0 Å². The van der Waals surface area contributed by atoms with Crippen LogP contribution >= 0.6 is 0 Å². The number of hydrogen-bond donors (Lipinski definition) is 2. The summed E-state index contributed by atoms with van der Waals surface area (Å²) in [4.78, 5) is 22.2. The van der Waals surface area contributed by atoms with Crippen molar-refractivity contribution in [3.8, 4) is 0 Å². The Morgan fingerprint density at radius 3 is 2.55 bits per heavy atom. The molecule has 112 valence electrons. The van der Waals surface area contributed by atoms with Gasteiger partial charge in [-0.3, -0.25) is 14.3 Å². The highest BCUT2D eigenvalue weighted by atomic mass is 16.4. The lowest BCUT2D eigenvalue weighted by molar-refractivity contribution is -0.136. The second-order valence-corrected chi connectivity index (χ2v) is 5.40. The molecular weight excluding hydrogens is 258 g/mol. The SMILES string of the molecule is Cc1nn(CC(C)C)c(C)c1CC(=O)NCCC(=O)O. The number of amides is 1. The number of carbonyl (C=O) groups excluding carboxylic acids is 1. The minimum Gasteiger partial charge on any atom is -0.481 e. The highest BCUT2D eigenvalue weighted by Gasteiger charge is 2.15. The Morgan fingerprint density at radius 2 is 2.00 bits per heavy atom. The van der Waals surface area contributed by atoms with Crippen LogP contribution < -0.4 is 5.32 Å². The van der Waals surface area contributed by atoms with E-state index in [4.69, 9.17) is 5.11 Å². The molecule has 0 spiro atoms. The predicted molar refractivity (Wildman–Crippen MR) is 75.5 cm³/mol. The summed E-state index contributed by atoms with van der Waals surface area (Å²) in [5.41, 5.74) is 2.79. The zero-order valence-corrected chi connectivity index (χ0v) is 12.6. The van der Waals surface area contributed by atoms with Crippen LogP contribution in [0.3, 0.4) is 0 Å². The molecule has 1 aromatic rings. The van der Waals surface area contributed by atoms with E-state index < -0.39 is 5.97 Å². The van der Waals surface area contributed by atoms with Gasteiger partial charge in [-0.1, -0.05) is 13.8 Å². The maximum Gasteiger partial charge on any atom is 0.305 e. The van der Waals surface area contributed by atoms with E-state index >= 15 is 0 Å². The summed E-state index contributed by atoms with van der Waals surface area (Å²) in [7, 11) is 0.